The predicted octanol–water partition coefficient (Wildman–Crippen LogP) is 2.50. The lowest BCUT2D eigenvalue weighted by Gasteiger charge is -2.20. The first-order valence-electron chi connectivity index (χ1n) is 8.04. The maximum atomic E-state index is 12.5. The van der Waals surface area contributed by atoms with Crippen LogP contribution >= 0.6 is 0 Å². The number of carboxylic acid groups (broad SMARTS) is 1. The molecule has 0 aliphatic carbocycles. The van der Waals surface area contributed by atoms with E-state index in [1.165, 1.54) is 13.8 Å². The predicted molar refractivity (Wildman–Crippen MR) is 93.1 cm³/mol. The van der Waals surface area contributed by atoms with Gasteiger partial charge in [0.25, 0.3) is 5.91 Å². The topological polar surface area (TPSA) is 93.5 Å². The van der Waals surface area contributed by atoms with Crippen molar-refractivity contribution < 1.29 is 19.4 Å². The molecule has 7 nitrogen and oxygen atoms in total. The van der Waals surface area contributed by atoms with E-state index in [1.54, 1.807) is 10.9 Å². The van der Waals surface area contributed by atoms with Crippen LogP contribution < -0.4 is 10.1 Å². The van der Waals surface area contributed by atoms with Gasteiger partial charge in [-0.3, -0.25) is 4.79 Å². The van der Waals surface area contributed by atoms with Gasteiger partial charge in [0.1, 0.15) is 5.54 Å². The largest absolute Gasteiger partial charge is 0.489 e. The molecule has 0 spiro atoms. The number of carboxylic acids is 1. The Bertz CT molecular complexity index is 751. The van der Waals surface area contributed by atoms with Crippen LogP contribution in [-0.2, 0) is 4.79 Å². The Morgan fingerprint density at radius 3 is 2.48 bits per heavy atom. The van der Waals surface area contributed by atoms with Crippen molar-refractivity contribution in [3.63, 3.8) is 0 Å². The number of carbonyl (C=O) groups is 2. The lowest BCUT2D eigenvalue weighted by Crippen LogP contribution is -2.49. The lowest BCUT2D eigenvalue weighted by molar-refractivity contribution is -0.143. The fourth-order valence-corrected chi connectivity index (χ4v) is 1.99. The Kier molecular flexibility index (Phi) is 5.46. The third-order valence-corrected chi connectivity index (χ3v) is 3.45. The van der Waals surface area contributed by atoms with E-state index in [1.807, 2.05) is 44.2 Å². The van der Waals surface area contributed by atoms with Crippen molar-refractivity contribution in [2.75, 3.05) is 6.61 Å². The number of hydrogen-bond donors (Lipinski definition) is 2. The van der Waals surface area contributed by atoms with Crippen molar-refractivity contribution in [2.24, 2.45) is 5.92 Å². The van der Waals surface area contributed by atoms with Gasteiger partial charge in [-0.2, -0.15) is 5.10 Å². The van der Waals surface area contributed by atoms with E-state index in [0.717, 1.165) is 5.69 Å². The molecule has 0 aliphatic rings. The van der Waals surface area contributed by atoms with Crippen LogP contribution in [0.4, 0.5) is 0 Å². The molecule has 1 aromatic heterocycles. The summed E-state index contributed by atoms with van der Waals surface area (Å²) < 4.78 is 7.25. The quantitative estimate of drug-likeness (QED) is 0.804. The van der Waals surface area contributed by atoms with Gasteiger partial charge in [0.05, 0.1) is 18.5 Å². The van der Waals surface area contributed by atoms with Gasteiger partial charge in [-0.1, -0.05) is 32.0 Å². The number of para-hydroxylation sites is 1. The minimum atomic E-state index is -1.41. The van der Waals surface area contributed by atoms with Crippen molar-refractivity contribution in [3.8, 4) is 11.4 Å². The highest BCUT2D eigenvalue weighted by Gasteiger charge is 2.31. The van der Waals surface area contributed by atoms with Crippen LogP contribution in [-0.4, -0.2) is 38.9 Å². The van der Waals surface area contributed by atoms with Gasteiger partial charge in [0.15, 0.2) is 11.4 Å². The number of amides is 1. The van der Waals surface area contributed by atoms with E-state index < -0.39 is 17.4 Å². The standard InChI is InChI=1S/C18H23N3O4/c1-12(2)11-25-14-10-21(13-8-6-5-7-9-13)20-15(14)16(22)19-18(3,4)17(23)24/h5-10,12H,11H2,1-4H3,(H,19,22)(H,23,24). The molecule has 2 rings (SSSR count). The normalized spacial score (nSPS) is 11.4. The summed E-state index contributed by atoms with van der Waals surface area (Å²) >= 11 is 0. The number of benzene rings is 1. The zero-order valence-electron chi connectivity index (χ0n) is 14.8. The number of ether oxygens (including phenoxy) is 1. The van der Waals surface area contributed by atoms with E-state index in [0.29, 0.717) is 12.4 Å². The van der Waals surface area contributed by atoms with E-state index >= 15 is 0 Å². The highest BCUT2D eigenvalue weighted by molar-refractivity contribution is 5.98. The highest BCUT2D eigenvalue weighted by Crippen LogP contribution is 2.21. The SMILES string of the molecule is CC(C)COc1cn(-c2ccccc2)nc1C(=O)NC(C)(C)C(=O)O. The van der Waals surface area contributed by atoms with Gasteiger partial charge < -0.3 is 15.2 Å². The Morgan fingerprint density at radius 1 is 1.28 bits per heavy atom. The molecule has 7 heteroatoms. The van der Waals surface area contributed by atoms with E-state index in [9.17, 15) is 14.7 Å². The number of aliphatic carboxylic acids is 1. The summed E-state index contributed by atoms with van der Waals surface area (Å²) in [5.41, 5.74) is -0.588. The number of nitrogens with zero attached hydrogens (tertiary/aromatic N) is 2. The summed E-state index contributed by atoms with van der Waals surface area (Å²) in [7, 11) is 0. The number of aromatic nitrogens is 2. The monoisotopic (exact) mass is 345 g/mol. The van der Waals surface area contributed by atoms with Crippen LogP contribution in [0.2, 0.25) is 0 Å². The third-order valence-electron chi connectivity index (χ3n) is 3.45. The molecular weight excluding hydrogens is 322 g/mol. The molecule has 0 aliphatic heterocycles. The molecule has 25 heavy (non-hydrogen) atoms. The van der Waals surface area contributed by atoms with E-state index in [-0.39, 0.29) is 11.6 Å². The van der Waals surface area contributed by atoms with Crippen molar-refractivity contribution in [1.29, 1.82) is 0 Å². The molecule has 0 saturated heterocycles. The molecule has 0 radical (unpaired) electrons. The summed E-state index contributed by atoms with van der Waals surface area (Å²) in [6, 6.07) is 9.30. The Balaban J connectivity index is 2.35. The van der Waals surface area contributed by atoms with E-state index in [4.69, 9.17) is 4.74 Å². The second-order valence-electron chi connectivity index (χ2n) is 6.71. The Labute approximate surface area is 146 Å². The van der Waals surface area contributed by atoms with Crippen LogP contribution in [0.25, 0.3) is 5.69 Å². The third kappa shape index (κ3) is 4.59. The first kappa shape index (κ1) is 18.5. The second-order valence-corrected chi connectivity index (χ2v) is 6.71. The van der Waals surface area contributed by atoms with Crippen LogP contribution in [0, 0.1) is 5.92 Å². The minimum Gasteiger partial charge on any atom is -0.489 e. The van der Waals surface area contributed by atoms with Gasteiger partial charge >= 0.3 is 5.97 Å². The first-order chi connectivity index (χ1) is 11.7. The lowest BCUT2D eigenvalue weighted by atomic mass is 10.1. The molecular formula is C18H23N3O4. The zero-order valence-corrected chi connectivity index (χ0v) is 14.8. The van der Waals surface area contributed by atoms with Gasteiger partial charge in [0.2, 0.25) is 0 Å². The summed E-state index contributed by atoms with van der Waals surface area (Å²) in [5, 5.41) is 16.0. The van der Waals surface area contributed by atoms with Crippen LogP contribution in [0.5, 0.6) is 5.75 Å². The number of nitrogens with one attached hydrogen (secondary N) is 1. The Hall–Kier alpha value is -2.83. The molecule has 1 heterocycles. The number of carbonyl (C=O) groups excluding carboxylic acids is 1. The molecule has 1 aromatic carbocycles. The van der Waals surface area contributed by atoms with Crippen molar-refractivity contribution >= 4 is 11.9 Å². The Morgan fingerprint density at radius 2 is 1.92 bits per heavy atom. The van der Waals surface area contributed by atoms with Crippen molar-refractivity contribution in [2.45, 2.75) is 33.2 Å². The minimum absolute atomic E-state index is 0.0545. The van der Waals surface area contributed by atoms with Gasteiger partial charge in [-0.25, -0.2) is 9.48 Å². The summed E-state index contributed by atoms with van der Waals surface area (Å²) in [4.78, 5) is 23.8. The van der Waals surface area contributed by atoms with Gasteiger partial charge in [0, 0.05) is 0 Å². The molecule has 1 amide bonds. The average Bonchev–Trinajstić information content (AvgIpc) is 2.97. The molecule has 134 valence electrons. The molecule has 0 bridgehead atoms. The molecule has 2 aromatic rings. The molecule has 2 N–H and O–H groups in total. The molecule has 0 unspecified atom stereocenters. The van der Waals surface area contributed by atoms with Crippen LogP contribution in [0.15, 0.2) is 36.5 Å². The fraction of sp³-hybridized carbons (Fsp3) is 0.389. The molecule has 0 saturated carbocycles. The molecule has 0 fully saturated rings. The highest BCUT2D eigenvalue weighted by atomic mass is 16.5. The first-order valence-corrected chi connectivity index (χ1v) is 8.04. The molecule has 0 atom stereocenters. The van der Waals surface area contributed by atoms with Crippen molar-refractivity contribution in [1.82, 2.24) is 15.1 Å². The zero-order chi connectivity index (χ0) is 18.6. The van der Waals surface area contributed by atoms with Crippen molar-refractivity contribution in [3.05, 3.63) is 42.2 Å². The maximum absolute atomic E-state index is 12.5. The van der Waals surface area contributed by atoms with E-state index in [2.05, 4.69) is 10.4 Å². The summed E-state index contributed by atoms with van der Waals surface area (Å²) in [5.74, 6) is -1.14. The van der Waals surface area contributed by atoms with Gasteiger partial charge in [-0.05, 0) is 31.9 Å². The summed E-state index contributed by atoms with van der Waals surface area (Å²) in [6.45, 7) is 7.24. The second kappa shape index (κ2) is 7.38. The smallest absolute Gasteiger partial charge is 0.328 e. The van der Waals surface area contributed by atoms with Gasteiger partial charge in [-0.15, -0.1) is 0 Å². The summed E-state index contributed by atoms with van der Waals surface area (Å²) in [6.07, 6.45) is 1.63. The average molecular weight is 345 g/mol. The maximum Gasteiger partial charge on any atom is 0.328 e. The van der Waals surface area contributed by atoms with Crippen LogP contribution in [0.3, 0.4) is 0 Å². The fourth-order valence-electron chi connectivity index (χ4n) is 1.99. The number of rotatable bonds is 7. The number of hydrogen-bond acceptors (Lipinski definition) is 4. The van der Waals surface area contributed by atoms with Crippen LogP contribution in [0.1, 0.15) is 38.2 Å².